The lowest BCUT2D eigenvalue weighted by Gasteiger charge is -2.33. The molecule has 2 aromatic carbocycles. The molecule has 0 aromatic heterocycles. The highest BCUT2D eigenvalue weighted by atomic mass is 16.5. The molecule has 0 unspecified atom stereocenters. The van der Waals surface area contributed by atoms with E-state index in [0.29, 0.717) is 24.4 Å². The number of hydrogen-bond donors (Lipinski definition) is 2. The summed E-state index contributed by atoms with van der Waals surface area (Å²) in [5.41, 5.74) is 2.97. The Balaban J connectivity index is 1.69. The summed E-state index contributed by atoms with van der Waals surface area (Å²) < 4.78 is 6.13. The number of hydroxylamine groups is 1. The molecule has 0 bridgehead atoms. The maximum atomic E-state index is 12.7. The van der Waals surface area contributed by atoms with Gasteiger partial charge < -0.3 is 9.64 Å². The van der Waals surface area contributed by atoms with E-state index >= 15 is 0 Å². The summed E-state index contributed by atoms with van der Waals surface area (Å²) in [6.07, 6.45) is 4.42. The maximum absolute atomic E-state index is 12.7. The van der Waals surface area contributed by atoms with Gasteiger partial charge in [-0.15, -0.1) is 0 Å². The van der Waals surface area contributed by atoms with Gasteiger partial charge in [0.25, 0.3) is 11.8 Å². The van der Waals surface area contributed by atoms with Crippen LogP contribution in [-0.4, -0.2) is 41.1 Å². The first-order valence-electron chi connectivity index (χ1n) is 8.89. The Kier molecular flexibility index (Phi) is 6.22. The van der Waals surface area contributed by atoms with Gasteiger partial charge >= 0.3 is 0 Å². The summed E-state index contributed by atoms with van der Waals surface area (Å²) in [4.78, 5) is 25.7. The second-order valence-electron chi connectivity index (χ2n) is 6.35. The van der Waals surface area contributed by atoms with Crippen LogP contribution in [0.3, 0.4) is 0 Å². The number of carbonyl (C=O) groups excluding carboxylic acids is 2. The third-order valence-corrected chi connectivity index (χ3v) is 4.42. The van der Waals surface area contributed by atoms with Gasteiger partial charge in [0.1, 0.15) is 11.9 Å². The van der Waals surface area contributed by atoms with E-state index in [0.717, 1.165) is 18.4 Å². The van der Waals surface area contributed by atoms with Crippen molar-refractivity contribution in [2.24, 2.45) is 0 Å². The van der Waals surface area contributed by atoms with E-state index in [1.807, 2.05) is 59.5 Å². The Morgan fingerprint density at radius 3 is 2.63 bits per heavy atom. The highest BCUT2D eigenvalue weighted by Crippen LogP contribution is 2.24. The first-order chi connectivity index (χ1) is 13.2. The van der Waals surface area contributed by atoms with Crippen LogP contribution in [0.4, 0.5) is 0 Å². The number of ether oxygens (including phenoxy) is 1. The number of hydrogen-bond acceptors (Lipinski definition) is 4. The lowest BCUT2D eigenvalue weighted by atomic mass is 10.1. The topological polar surface area (TPSA) is 78.9 Å². The van der Waals surface area contributed by atoms with Gasteiger partial charge in [-0.2, -0.15) is 0 Å². The lowest BCUT2D eigenvalue weighted by molar-refractivity contribution is -0.124. The zero-order valence-corrected chi connectivity index (χ0v) is 14.9. The SMILES string of the molecule is O=C(/C=C/c1ccccc1O[C@@H]1CCCN(C(=O)c2ccccc2)C1)NO. The van der Waals surface area contributed by atoms with Gasteiger partial charge in [0.2, 0.25) is 0 Å². The van der Waals surface area contributed by atoms with Crippen LogP contribution in [0.15, 0.2) is 60.7 Å². The molecule has 1 aliphatic rings. The van der Waals surface area contributed by atoms with Crippen LogP contribution in [-0.2, 0) is 4.79 Å². The van der Waals surface area contributed by atoms with Crippen molar-refractivity contribution in [3.8, 4) is 5.75 Å². The maximum Gasteiger partial charge on any atom is 0.267 e. The molecule has 140 valence electrons. The number of para-hydroxylation sites is 1. The molecular formula is C21H22N2O4. The van der Waals surface area contributed by atoms with Gasteiger partial charge in [-0.05, 0) is 37.1 Å². The van der Waals surface area contributed by atoms with Crippen LogP contribution in [0.25, 0.3) is 6.08 Å². The second-order valence-corrected chi connectivity index (χ2v) is 6.35. The summed E-state index contributed by atoms with van der Waals surface area (Å²) in [7, 11) is 0. The third-order valence-electron chi connectivity index (χ3n) is 4.42. The quantitative estimate of drug-likeness (QED) is 0.484. The van der Waals surface area contributed by atoms with Gasteiger partial charge in [0, 0.05) is 23.7 Å². The first kappa shape index (κ1) is 18.7. The largest absolute Gasteiger partial charge is 0.488 e. The number of nitrogens with one attached hydrogen (secondary N) is 1. The third kappa shape index (κ3) is 4.95. The van der Waals surface area contributed by atoms with Gasteiger partial charge in [-0.25, -0.2) is 5.48 Å². The summed E-state index contributed by atoms with van der Waals surface area (Å²) >= 11 is 0. The molecule has 6 nitrogen and oxygen atoms in total. The lowest BCUT2D eigenvalue weighted by Crippen LogP contribution is -2.44. The zero-order valence-electron chi connectivity index (χ0n) is 14.9. The van der Waals surface area contributed by atoms with Crippen molar-refractivity contribution in [1.29, 1.82) is 0 Å². The standard InChI is InChI=1S/C21H22N2O4/c24-20(22-26)13-12-16-7-4-5-11-19(16)27-18-10-6-14-23(15-18)21(25)17-8-2-1-3-9-17/h1-5,7-9,11-13,18,26H,6,10,14-15H2,(H,22,24)/b13-12+/t18-/m1/s1. The number of nitrogens with zero attached hydrogens (tertiary/aromatic N) is 1. The molecule has 3 rings (SSSR count). The van der Waals surface area contributed by atoms with Crippen LogP contribution in [0.5, 0.6) is 5.75 Å². The summed E-state index contributed by atoms with van der Waals surface area (Å²) in [6, 6.07) is 16.6. The predicted molar refractivity (Wildman–Crippen MR) is 101 cm³/mol. The summed E-state index contributed by atoms with van der Waals surface area (Å²) in [5, 5.41) is 8.60. The van der Waals surface area contributed by atoms with Crippen molar-refractivity contribution < 1.29 is 19.5 Å². The van der Waals surface area contributed by atoms with Crippen LogP contribution in [0.1, 0.15) is 28.8 Å². The van der Waals surface area contributed by atoms with E-state index < -0.39 is 5.91 Å². The molecule has 0 saturated carbocycles. The number of benzene rings is 2. The average molecular weight is 366 g/mol. The highest BCUT2D eigenvalue weighted by molar-refractivity contribution is 5.94. The molecule has 2 amide bonds. The van der Waals surface area contributed by atoms with Crippen molar-refractivity contribution in [2.75, 3.05) is 13.1 Å². The fourth-order valence-corrected chi connectivity index (χ4v) is 3.09. The van der Waals surface area contributed by atoms with Gasteiger partial charge in [0.15, 0.2) is 0 Å². The fourth-order valence-electron chi connectivity index (χ4n) is 3.09. The minimum atomic E-state index is -0.609. The molecule has 1 aliphatic heterocycles. The molecule has 0 radical (unpaired) electrons. The zero-order chi connectivity index (χ0) is 19.1. The number of likely N-dealkylation sites (tertiary alicyclic amines) is 1. The molecule has 1 atom stereocenters. The van der Waals surface area contributed by atoms with E-state index in [1.165, 1.54) is 6.08 Å². The van der Waals surface area contributed by atoms with Crippen molar-refractivity contribution >= 4 is 17.9 Å². The van der Waals surface area contributed by atoms with E-state index in [9.17, 15) is 9.59 Å². The van der Waals surface area contributed by atoms with Crippen LogP contribution < -0.4 is 10.2 Å². The van der Waals surface area contributed by atoms with Crippen molar-refractivity contribution in [3.63, 3.8) is 0 Å². The van der Waals surface area contributed by atoms with E-state index in [4.69, 9.17) is 9.94 Å². The normalized spacial score (nSPS) is 16.9. The Bertz CT molecular complexity index is 820. The summed E-state index contributed by atoms with van der Waals surface area (Å²) in [5.74, 6) is 0.0392. The minimum absolute atomic E-state index is 0.0108. The van der Waals surface area contributed by atoms with Crippen LogP contribution >= 0.6 is 0 Å². The number of rotatable bonds is 5. The van der Waals surface area contributed by atoms with Crippen molar-refractivity contribution in [2.45, 2.75) is 18.9 Å². The monoisotopic (exact) mass is 366 g/mol. The molecule has 0 aliphatic carbocycles. The number of carbonyl (C=O) groups is 2. The average Bonchev–Trinajstić information content (AvgIpc) is 2.73. The second kappa shape index (κ2) is 9.00. The molecule has 6 heteroatoms. The van der Waals surface area contributed by atoms with Gasteiger partial charge in [-0.3, -0.25) is 14.8 Å². The Morgan fingerprint density at radius 1 is 1.11 bits per heavy atom. The van der Waals surface area contributed by atoms with E-state index in [-0.39, 0.29) is 12.0 Å². The molecule has 2 aromatic rings. The van der Waals surface area contributed by atoms with E-state index in [2.05, 4.69) is 0 Å². The number of amides is 2. The van der Waals surface area contributed by atoms with Crippen molar-refractivity contribution in [1.82, 2.24) is 10.4 Å². The molecule has 1 heterocycles. The molecular weight excluding hydrogens is 344 g/mol. The molecule has 0 spiro atoms. The Morgan fingerprint density at radius 2 is 1.85 bits per heavy atom. The Hall–Kier alpha value is -3.12. The Labute approximate surface area is 158 Å². The van der Waals surface area contributed by atoms with Crippen LogP contribution in [0.2, 0.25) is 0 Å². The minimum Gasteiger partial charge on any atom is -0.488 e. The van der Waals surface area contributed by atoms with Gasteiger partial charge in [-0.1, -0.05) is 36.4 Å². The van der Waals surface area contributed by atoms with Gasteiger partial charge in [0.05, 0.1) is 6.54 Å². The van der Waals surface area contributed by atoms with Crippen LogP contribution in [0, 0.1) is 0 Å². The molecule has 2 N–H and O–H groups in total. The van der Waals surface area contributed by atoms with E-state index in [1.54, 1.807) is 11.6 Å². The molecule has 1 saturated heterocycles. The summed E-state index contributed by atoms with van der Waals surface area (Å²) in [6.45, 7) is 1.23. The predicted octanol–water partition coefficient (Wildman–Crippen LogP) is 2.89. The number of piperidine rings is 1. The fraction of sp³-hybridized carbons (Fsp3) is 0.238. The smallest absolute Gasteiger partial charge is 0.267 e. The highest BCUT2D eigenvalue weighted by Gasteiger charge is 2.26. The van der Waals surface area contributed by atoms with Crippen molar-refractivity contribution in [3.05, 3.63) is 71.8 Å². The molecule has 1 fully saturated rings. The molecule has 27 heavy (non-hydrogen) atoms. The first-order valence-corrected chi connectivity index (χ1v) is 8.89.